The minimum Gasteiger partial charge on any atom is -0.467 e. The van der Waals surface area contributed by atoms with Crippen molar-refractivity contribution in [3.63, 3.8) is 0 Å². The highest BCUT2D eigenvalue weighted by Gasteiger charge is 2.24. The lowest BCUT2D eigenvalue weighted by atomic mass is 10.2. The van der Waals surface area contributed by atoms with Gasteiger partial charge in [-0.15, -0.1) is 4.98 Å². The molecule has 0 aliphatic carbocycles. The summed E-state index contributed by atoms with van der Waals surface area (Å²) in [4.78, 5) is 31.4. The summed E-state index contributed by atoms with van der Waals surface area (Å²) in [7, 11) is 4.55. The number of thiazole rings is 1. The number of methoxy groups -OCH3 is 2. The Morgan fingerprint density at radius 1 is 1.17 bits per heavy atom. The number of hydrogen-bond donors (Lipinski definition) is 2. The molecule has 2 N–H and O–H groups in total. The van der Waals surface area contributed by atoms with Gasteiger partial charge < -0.3 is 19.7 Å². The molecule has 1 aliphatic rings. The van der Waals surface area contributed by atoms with E-state index in [0.29, 0.717) is 24.2 Å². The van der Waals surface area contributed by atoms with E-state index in [2.05, 4.69) is 30.6 Å². The van der Waals surface area contributed by atoms with Crippen molar-refractivity contribution in [3.8, 4) is 12.0 Å². The van der Waals surface area contributed by atoms with E-state index in [0.717, 1.165) is 17.0 Å². The first-order chi connectivity index (χ1) is 11.6. The van der Waals surface area contributed by atoms with E-state index < -0.39 is 0 Å². The summed E-state index contributed by atoms with van der Waals surface area (Å²) in [6.45, 7) is 1.30. The van der Waals surface area contributed by atoms with Crippen LogP contribution in [0.1, 0.15) is 10.6 Å². The summed E-state index contributed by atoms with van der Waals surface area (Å²) in [6.07, 6.45) is 0.734. The predicted molar refractivity (Wildman–Crippen MR) is 87.9 cm³/mol. The lowest BCUT2D eigenvalue weighted by Gasteiger charge is -2.26. The van der Waals surface area contributed by atoms with Crippen LogP contribution in [-0.4, -0.2) is 53.8 Å². The fourth-order valence-corrected chi connectivity index (χ4v) is 3.25. The first-order valence-electron chi connectivity index (χ1n) is 7.19. The SMILES string of the molecule is CNC(=O)Nc1nc2c(s1)CN(c1nc(OC)nc(OC)n1)CC2. The molecule has 0 fully saturated rings. The van der Waals surface area contributed by atoms with Gasteiger partial charge in [-0.25, -0.2) is 9.78 Å². The van der Waals surface area contributed by atoms with Gasteiger partial charge in [0.2, 0.25) is 5.95 Å². The molecule has 0 saturated carbocycles. The van der Waals surface area contributed by atoms with Crippen LogP contribution in [0.5, 0.6) is 12.0 Å². The number of amides is 2. The zero-order valence-electron chi connectivity index (χ0n) is 13.5. The van der Waals surface area contributed by atoms with Crippen molar-refractivity contribution in [2.75, 3.05) is 38.0 Å². The number of aromatic nitrogens is 4. The first-order valence-corrected chi connectivity index (χ1v) is 8.01. The number of hydrogen-bond acceptors (Lipinski definition) is 9. The quantitative estimate of drug-likeness (QED) is 0.826. The van der Waals surface area contributed by atoms with E-state index in [1.807, 2.05) is 4.90 Å². The van der Waals surface area contributed by atoms with E-state index in [1.165, 1.54) is 25.6 Å². The maximum absolute atomic E-state index is 11.4. The highest BCUT2D eigenvalue weighted by Crippen LogP contribution is 2.30. The lowest BCUT2D eigenvalue weighted by molar-refractivity contribution is 0.254. The molecule has 0 spiro atoms. The normalized spacial score (nSPS) is 13.2. The van der Waals surface area contributed by atoms with Crippen molar-refractivity contribution in [3.05, 3.63) is 10.6 Å². The second-order valence-corrected chi connectivity index (χ2v) is 5.96. The van der Waals surface area contributed by atoms with E-state index in [9.17, 15) is 4.79 Å². The Balaban J connectivity index is 1.81. The maximum atomic E-state index is 11.4. The highest BCUT2D eigenvalue weighted by molar-refractivity contribution is 7.15. The second kappa shape index (κ2) is 6.83. The molecule has 2 aromatic heterocycles. The van der Waals surface area contributed by atoms with Gasteiger partial charge in [-0.3, -0.25) is 5.32 Å². The number of carbonyl (C=O) groups excluding carboxylic acids is 1. The minimum atomic E-state index is -0.287. The smallest absolute Gasteiger partial charge is 0.324 e. The lowest BCUT2D eigenvalue weighted by Crippen LogP contribution is -2.31. The van der Waals surface area contributed by atoms with Crippen molar-refractivity contribution in [2.24, 2.45) is 0 Å². The Morgan fingerprint density at radius 2 is 1.88 bits per heavy atom. The molecular formula is C13H17N7O3S. The average Bonchev–Trinajstić information content (AvgIpc) is 3.02. The van der Waals surface area contributed by atoms with Gasteiger partial charge in [0.15, 0.2) is 5.13 Å². The van der Waals surface area contributed by atoms with Gasteiger partial charge in [-0.2, -0.15) is 9.97 Å². The van der Waals surface area contributed by atoms with Gasteiger partial charge in [0.25, 0.3) is 0 Å². The number of urea groups is 1. The molecule has 2 amide bonds. The topological polar surface area (TPSA) is 114 Å². The van der Waals surface area contributed by atoms with Gasteiger partial charge in [-0.05, 0) is 0 Å². The zero-order chi connectivity index (χ0) is 17.1. The highest BCUT2D eigenvalue weighted by atomic mass is 32.1. The van der Waals surface area contributed by atoms with Crippen LogP contribution in [-0.2, 0) is 13.0 Å². The largest absolute Gasteiger partial charge is 0.467 e. The predicted octanol–water partition coefficient (Wildman–Crippen LogP) is 0.659. The molecule has 24 heavy (non-hydrogen) atoms. The Bertz CT molecular complexity index is 729. The average molecular weight is 351 g/mol. The van der Waals surface area contributed by atoms with Crippen LogP contribution in [0.4, 0.5) is 15.9 Å². The molecule has 3 rings (SSSR count). The molecule has 2 aromatic rings. The van der Waals surface area contributed by atoms with Gasteiger partial charge in [0.05, 0.1) is 26.5 Å². The van der Waals surface area contributed by atoms with E-state index in [-0.39, 0.29) is 18.1 Å². The van der Waals surface area contributed by atoms with Gasteiger partial charge >= 0.3 is 18.1 Å². The number of nitrogens with one attached hydrogen (secondary N) is 2. The van der Waals surface area contributed by atoms with E-state index in [4.69, 9.17) is 9.47 Å². The minimum absolute atomic E-state index is 0.203. The fourth-order valence-electron chi connectivity index (χ4n) is 2.23. The molecule has 128 valence electrons. The number of nitrogens with zero attached hydrogens (tertiary/aromatic N) is 5. The molecule has 0 bridgehead atoms. The number of anilines is 2. The van der Waals surface area contributed by atoms with Gasteiger partial charge in [-0.1, -0.05) is 11.3 Å². The molecule has 1 aliphatic heterocycles. The van der Waals surface area contributed by atoms with E-state index >= 15 is 0 Å². The van der Waals surface area contributed by atoms with Crippen molar-refractivity contribution < 1.29 is 14.3 Å². The summed E-state index contributed by atoms with van der Waals surface area (Å²) >= 11 is 1.44. The Morgan fingerprint density at radius 3 is 2.50 bits per heavy atom. The third-order valence-corrected chi connectivity index (χ3v) is 4.41. The van der Waals surface area contributed by atoms with Crippen LogP contribution in [0.25, 0.3) is 0 Å². The van der Waals surface area contributed by atoms with Crippen molar-refractivity contribution >= 4 is 28.4 Å². The van der Waals surface area contributed by atoms with E-state index in [1.54, 1.807) is 7.05 Å². The third kappa shape index (κ3) is 3.30. The third-order valence-electron chi connectivity index (χ3n) is 3.41. The van der Waals surface area contributed by atoms with Gasteiger partial charge in [0, 0.05) is 24.9 Å². The zero-order valence-corrected chi connectivity index (χ0v) is 14.3. The summed E-state index contributed by atoms with van der Waals surface area (Å²) in [5.74, 6) is 0.485. The second-order valence-electron chi connectivity index (χ2n) is 4.87. The molecule has 0 atom stereocenters. The summed E-state index contributed by atoms with van der Waals surface area (Å²) in [5, 5.41) is 5.78. The molecule has 0 aromatic carbocycles. The molecule has 0 unspecified atom stereocenters. The van der Waals surface area contributed by atoms with Crippen LogP contribution < -0.4 is 25.0 Å². The summed E-state index contributed by atoms with van der Waals surface area (Å²) < 4.78 is 10.2. The van der Waals surface area contributed by atoms with Crippen LogP contribution in [0.15, 0.2) is 0 Å². The fraction of sp³-hybridized carbons (Fsp3) is 0.462. The van der Waals surface area contributed by atoms with Crippen LogP contribution in [0.3, 0.4) is 0 Å². The molecule has 0 radical (unpaired) electrons. The van der Waals surface area contributed by atoms with Crippen LogP contribution in [0.2, 0.25) is 0 Å². The number of carbonyl (C=O) groups is 1. The maximum Gasteiger partial charge on any atom is 0.324 e. The Kier molecular flexibility index (Phi) is 4.60. The number of fused-ring (bicyclic) bond motifs is 1. The van der Waals surface area contributed by atoms with Crippen LogP contribution >= 0.6 is 11.3 Å². The standard InChI is InChI=1S/C13H17N7O3S/c1-14-10(21)18-13-15-7-4-5-20(6-8(7)24-13)9-16-11(22-2)19-12(17-9)23-3/h4-6H2,1-3H3,(H2,14,15,18,21). The Labute approximate surface area is 142 Å². The van der Waals surface area contributed by atoms with Crippen LogP contribution in [0, 0.1) is 0 Å². The summed E-state index contributed by atoms with van der Waals surface area (Å²) in [5.41, 5.74) is 0.982. The van der Waals surface area contributed by atoms with Crippen molar-refractivity contribution in [1.29, 1.82) is 0 Å². The van der Waals surface area contributed by atoms with Gasteiger partial charge in [0.1, 0.15) is 0 Å². The Hall–Kier alpha value is -2.69. The van der Waals surface area contributed by atoms with Crippen molar-refractivity contribution in [1.82, 2.24) is 25.3 Å². The molecule has 3 heterocycles. The molecule has 0 saturated heterocycles. The van der Waals surface area contributed by atoms with Crippen molar-refractivity contribution in [2.45, 2.75) is 13.0 Å². The number of rotatable bonds is 4. The first kappa shape index (κ1) is 16.2. The summed E-state index contributed by atoms with van der Waals surface area (Å²) in [6, 6.07) is 0.118. The molecular weight excluding hydrogens is 334 g/mol. The number of ether oxygens (including phenoxy) is 2. The molecule has 10 nitrogen and oxygen atoms in total. The monoisotopic (exact) mass is 351 g/mol. The molecule has 11 heteroatoms.